The zero-order chi connectivity index (χ0) is 22.8. The summed E-state index contributed by atoms with van der Waals surface area (Å²) in [5, 5.41) is 32.6. The van der Waals surface area contributed by atoms with E-state index in [1.54, 1.807) is 0 Å². The number of carboxylic acid groups (broad SMARTS) is 1. The average molecular weight is 436 g/mol. The predicted molar refractivity (Wildman–Crippen MR) is 121 cm³/mol. The molecule has 5 N–H and O–H groups in total. The lowest BCUT2D eigenvalue weighted by atomic mass is 9.38. The first-order valence-corrected chi connectivity index (χ1v) is 12.9. The molecular weight excluding hydrogens is 390 g/mol. The number of aliphatic hydroxyl groups excluding tert-OH is 2. The molecule has 11 atom stereocenters. The first-order chi connectivity index (χ1) is 14.5. The van der Waals surface area contributed by atoms with Gasteiger partial charge in [0.2, 0.25) is 0 Å². The van der Waals surface area contributed by atoms with Crippen LogP contribution in [0.25, 0.3) is 0 Å². The van der Waals surface area contributed by atoms with Gasteiger partial charge in [0.25, 0.3) is 0 Å². The summed E-state index contributed by atoms with van der Waals surface area (Å²) in [6.07, 6.45) is 8.07. The van der Waals surface area contributed by atoms with E-state index < -0.39 is 23.7 Å². The lowest BCUT2D eigenvalue weighted by molar-refractivity contribution is -0.236. The molecule has 0 saturated heterocycles. The zero-order valence-corrected chi connectivity index (χ0v) is 20.0. The number of carbonyl (C=O) groups is 1. The van der Waals surface area contributed by atoms with Gasteiger partial charge >= 0.3 is 5.97 Å². The molecule has 4 aliphatic carbocycles. The molecule has 0 heterocycles. The Balaban J connectivity index is 1.70. The minimum absolute atomic E-state index is 0.0442. The Hall–Kier alpha value is -0.650. The number of carboxylic acids is 1. The summed E-state index contributed by atoms with van der Waals surface area (Å²) in [7, 11) is 0. The molecular formula is C26H45NO4. The molecule has 5 nitrogen and oxygen atoms in total. The second-order valence-corrected chi connectivity index (χ2v) is 12.3. The third kappa shape index (κ3) is 3.24. The lowest BCUT2D eigenvalue weighted by Gasteiger charge is -2.69. The lowest BCUT2D eigenvalue weighted by Crippen LogP contribution is -2.75. The molecule has 5 heteroatoms. The molecule has 0 amide bonds. The van der Waals surface area contributed by atoms with Gasteiger partial charge in [0.05, 0.1) is 12.2 Å². The van der Waals surface area contributed by atoms with E-state index in [0.29, 0.717) is 24.2 Å². The van der Waals surface area contributed by atoms with Crippen molar-refractivity contribution >= 4 is 5.97 Å². The van der Waals surface area contributed by atoms with Gasteiger partial charge in [-0.25, -0.2) is 0 Å². The van der Waals surface area contributed by atoms with E-state index in [1.165, 1.54) is 0 Å². The Morgan fingerprint density at radius 3 is 2.48 bits per heavy atom. The molecule has 4 saturated carbocycles. The fraction of sp³-hybridized carbons (Fsp3) is 0.962. The highest BCUT2D eigenvalue weighted by molar-refractivity contribution is 5.66. The van der Waals surface area contributed by atoms with Crippen LogP contribution in [0.4, 0.5) is 0 Å². The van der Waals surface area contributed by atoms with Crippen LogP contribution >= 0.6 is 0 Å². The standard InChI is InChI=1S/C26H45NO4/c1-5-16-23(31)21-18-10-9-17(15(2)8-11-20(29)30)24(18,3)14-19(28)22(21)25(4)12-6-7-13-26(16,25)27/h15-19,21-23,28,31H,5-14,27H2,1-4H3,(H,29,30)/t15-,16+,17-,18?,19+,21?,22?,23-,24-,25?,26?/m1/s1. The molecule has 0 spiro atoms. The summed E-state index contributed by atoms with van der Waals surface area (Å²) < 4.78 is 0. The molecule has 0 aromatic carbocycles. The number of hydrogen-bond acceptors (Lipinski definition) is 4. The summed E-state index contributed by atoms with van der Waals surface area (Å²) in [6, 6.07) is 0. The van der Waals surface area contributed by atoms with E-state index in [0.717, 1.165) is 51.4 Å². The maximum Gasteiger partial charge on any atom is 0.303 e. The van der Waals surface area contributed by atoms with E-state index in [1.807, 2.05) is 0 Å². The monoisotopic (exact) mass is 435 g/mol. The van der Waals surface area contributed by atoms with Crippen LogP contribution in [0.1, 0.15) is 91.9 Å². The average Bonchev–Trinajstić information content (AvgIpc) is 3.03. The minimum atomic E-state index is -0.728. The van der Waals surface area contributed by atoms with Crippen molar-refractivity contribution in [3.8, 4) is 0 Å². The van der Waals surface area contributed by atoms with Crippen molar-refractivity contribution < 1.29 is 20.1 Å². The van der Waals surface area contributed by atoms with Gasteiger partial charge in [-0.05, 0) is 85.4 Å². The van der Waals surface area contributed by atoms with Crippen LogP contribution in [0.15, 0.2) is 0 Å². The van der Waals surface area contributed by atoms with Crippen LogP contribution in [0.5, 0.6) is 0 Å². The Labute approximate surface area is 188 Å². The van der Waals surface area contributed by atoms with Gasteiger partial charge in [-0.3, -0.25) is 4.79 Å². The Bertz CT molecular complexity index is 699. The Kier molecular flexibility index (Phi) is 6.06. The van der Waals surface area contributed by atoms with Crippen molar-refractivity contribution in [3.05, 3.63) is 0 Å². The number of fused-ring (bicyclic) bond motifs is 5. The molecule has 0 bridgehead atoms. The summed E-state index contributed by atoms with van der Waals surface area (Å²) in [5.74, 6) is 0.604. The summed E-state index contributed by atoms with van der Waals surface area (Å²) >= 11 is 0. The molecule has 0 radical (unpaired) electrons. The molecule has 0 aliphatic heterocycles. The van der Waals surface area contributed by atoms with Crippen LogP contribution in [0.2, 0.25) is 0 Å². The molecule has 4 fully saturated rings. The zero-order valence-electron chi connectivity index (χ0n) is 20.0. The van der Waals surface area contributed by atoms with Gasteiger partial charge in [0, 0.05) is 17.9 Å². The summed E-state index contributed by atoms with van der Waals surface area (Å²) in [6.45, 7) is 9.01. The Morgan fingerprint density at radius 1 is 1.16 bits per heavy atom. The van der Waals surface area contributed by atoms with Gasteiger partial charge in [0.15, 0.2) is 0 Å². The fourth-order valence-corrected chi connectivity index (χ4v) is 9.79. The highest BCUT2D eigenvalue weighted by Crippen LogP contribution is 2.70. The van der Waals surface area contributed by atoms with Crippen molar-refractivity contribution in [3.63, 3.8) is 0 Å². The highest BCUT2D eigenvalue weighted by atomic mass is 16.4. The van der Waals surface area contributed by atoms with Crippen LogP contribution in [-0.4, -0.2) is 39.0 Å². The quantitative estimate of drug-likeness (QED) is 0.518. The minimum Gasteiger partial charge on any atom is -0.481 e. The van der Waals surface area contributed by atoms with E-state index in [-0.39, 0.29) is 35.0 Å². The Morgan fingerprint density at radius 2 is 1.84 bits per heavy atom. The van der Waals surface area contributed by atoms with Crippen LogP contribution in [-0.2, 0) is 4.79 Å². The highest BCUT2D eigenvalue weighted by Gasteiger charge is 2.70. The smallest absolute Gasteiger partial charge is 0.303 e. The number of aliphatic hydroxyl groups is 2. The number of rotatable bonds is 5. The number of hydrogen-bond donors (Lipinski definition) is 4. The summed E-state index contributed by atoms with van der Waals surface area (Å²) in [4.78, 5) is 11.1. The van der Waals surface area contributed by atoms with Crippen molar-refractivity contribution in [2.75, 3.05) is 0 Å². The van der Waals surface area contributed by atoms with Gasteiger partial charge in [-0.15, -0.1) is 0 Å². The molecule has 0 aromatic heterocycles. The van der Waals surface area contributed by atoms with Gasteiger partial charge < -0.3 is 21.1 Å². The molecule has 5 unspecified atom stereocenters. The maximum atomic E-state index is 11.8. The molecule has 31 heavy (non-hydrogen) atoms. The van der Waals surface area contributed by atoms with Crippen molar-refractivity contribution in [1.82, 2.24) is 0 Å². The molecule has 4 rings (SSSR count). The molecule has 0 aromatic rings. The van der Waals surface area contributed by atoms with E-state index in [4.69, 9.17) is 10.8 Å². The maximum absolute atomic E-state index is 11.8. The van der Waals surface area contributed by atoms with Crippen molar-refractivity contribution in [2.24, 2.45) is 52.1 Å². The third-order valence-electron chi connectivity index (χ3n) is 11.2. The van der Waals surface area contributed by atoms with Crippen molar-refractivity contribution in [2.45, 2.75) is 110 Å². The van der Waals surface area contributed by atoms with E-state index >= 15 is 0 Å². The predicted octanol–water partition coefficient (Wildman–Crippen LogP) is 4.20. The summed E-state index contributed by atoms with van der Waals surface area (Å²) in [5.41, 5.74) is 6.62. The molecule has 4 aliphatic rings. The van der Waals surface area contributed by atoms with Gasteiger partial charge in [-0.1, -0.05) is 40.5 Å². The van der Waals surface area contributed by atoms with E-state index in [9.17, 15) is 15.0 Å². The van der Waals surface area contributed by atoms with Crippen molar-refractivity contribution in [1.29, 1.82) is 0 Å². The topological polar surface area (TPSA) is 104 Å². The van der Waals surface area contributed by atoms with E-state index in [2.05, 4.69) is 27.7 Å². The second-order valence-electron chi connectivity index (χ2n) is 12.3. The SMILES string of the molecule is CC[C@H]1[C@@H](O)C2C([C@@H](O)C[C@@]3(C)C2CC[C@@H]3[C@H](C)CCC(=O)O)C2(C)CCCCC12N. The van der Waals surface area contributed by atoms with Gasteiger partial charge in [0.1, 0.15) is 0 Å². The number of nitrogens with two attached hydrogens (primary N) is 1. The number of aliphatic carboxylic acids is 1. The normalized spacial score (nSPS) is 52.7. The first kappa shape index (κ1) is 23.5. The van der Waals surface area contributed by atoms with Crippen LogP contribution < -0.4 is 5.73 Å². The largest absolute Gasteiger partial charge is 0.481 e. The first-order valence-electron chi connectivity index (χ1n) is 12.9. The molecule has 178 valence electrons. The van der Waals surface area contributed by atoms with Gasteiger partial charge in [-0.2, -0.15) is 0 Å². The fourth-order valence-electron chi connectivity index (χ4n) is 9.79. The third-order valence-corrected chi connectivity index (χ3v) is 11.2. The second kappa shape index (κ2) is 7.99. The van der Waals surface area contributed by atoms with Crippen LogP contribution in [0, 0.1) is 46.3 Å². The van der Waals surface area contributed by atoms with Crippen LogP contribution in [0.3, 0.4) is 0 Å².